The molecule has 2 aromatic rings. The Morgan fingerprint density at radius 3 is 2.85 bits per heavy atom. The molecule has 3 rings (SSSR count). The second kappa shape index (κ2) is 8.96. The fraction of sp³-hybridized carbons (Fsp3) is 0.350. The lowest BCUT2D eigenvalue weighted by atomic mass is 10.0. The van der Waals surface area contributed by atoms with Gasteiger partial charge in [0, 0.05) is 30.1 Å². The van der Waals surface area contributed by atoms with E-state index in [2.05, 4.69) is 5.32 Å². The Morgan fingerprint density at radius 2 is 2.04 bits per heavy atom. The highest BCUT2D eigenvalue weighted by atomic mass is 32.2. The van der Waals surface area contributed by atoms with Crippen molar-refractivity contribution in [1.29, 1.82) is 0 Å². The molecule has 26 heavy (non-hydrogen) atoms. The molecule has 0 radical (unpaired) electrons. The number of hydrogen-bond donors (Lipinski definition) is 1. The van der Waals surface area contributed by atoms with Gasteiger partial charge in [-0.15, -0.1) is 11.8 Å². The average Bonchev–Trinajstić information content (AvgIpc) is 2.72. The number of carbonyl (C=O) groups excluding carboxylic acids is 1. The van der Waals surface area contributed by atoms with E-state index in [0.29, 0.717) is 12.3 Å². The van der Waals surface area contributed by atoms with Gasteiger partial charge in [-0.3, -0.25) is 4.79 Å². The molecule has 5 nitrogen and oxygen atoms in total. The summed E-state index contributed by atoms with van der Waals surface area (Å²) in [5.41, 5.74) is 1.04. The summed E-state index contributed by atoms with van der Waals surface area (Å²) in [4.78, 5) is 15.9. The molecule has 138 valence electrons. The molecule has 6 heteroatoms. The summed E-state index contributed by atoms with van der Waals surface area (Å²) < 4.78 is 10.7. The van der Waals surface area contributed by atoms with E-state index in [1.807, 2.05) is 53.4 Å². The van der Waals surface area contributed by atoms with Gasteiger partial charge in [-0.05, 0) is 24.3 Å². The number of rotatable bonds is 6. The van der Waals surface area contributed by atoms with Crippen molar-refractivity contribution in [3.63, 3.8) is 0 Å². The lowest BCUT2D eigenvalue weighted by molar-refractivity contribution is -0.131. The van der Waals surface area contributed by atoms with Gasteiger partial charge in [0.25, 0.3) is 0 Å². The summed E-state index contributed by atoms with van der Waals surface area (Å²) in [6, 6.07) is 15.7. The van der Waals surface area contributed by atoms with Crippen LogP contribution in [0.4, 0.5) is 0 Å². The van der Waals surface area contributed by atoms with Gasteiger partial charge in [0.15, 0.2) is 0 Å². The summed E-state index contributed by atoms with van der Waals surface area (Å²) in [6.45, 7) is 2.23. The Bertz CT molecular complexity index is 753. The molecule has 0 spiro atoms. The average molecular weight is 372 g/mol. The molecule has 0 saturated carbocycles. The molecule has 1 atom stereocenters. The normalized spacial score (nSPS) is 17.0. The number of nitrogens with one attached hydrogen (secondary N) is 1. The Hall–Kier alpha value is -2.18. The Morgan fingerprint density at radius 1 is 1.19 bits per heavy atom. The third kappa shape index (κ3) is 4.31. The molecule has 2 aromatic carbocycles. The molecule has 0 aromatic heterocycles. The number of para-hydroxylation sites is 1. The zero-order valence-electron chi connectivity index (χ0n) is 15.1. The lowest BCUT2D eigenvalue weighted by Crippen LogP contribution is -2.49. The highest BCUT2D eigenvalue weighted by Crippen LogP contribution is 2.31. The van der Waals surface area contributed by atoms with Gasteiger partial charge >= 0.3 is 0 Å². The quantitative estimate of drug-likeness (QED) is 0.790. The van der Waals surface area contributed by atoms with E-state index in [1.54, 1.807) is 14.2 Å². The molecule has 1 heterocycles. The van der Waals surface area contributed by atoms with Crippen molar-refractivity contribution >= 4 is 17.7 Å². The smallest absolute Gasteiger partial charge is 0.233 e. The number of benzene rings is 2. The van der Waals surface area contributed by atoms with Crippen molar-refractivity contribution in [2.24, 2.45) is 0 Å². The first kappa shape index (κ1) is 18.6. The van der Waals surface area contributed by atoms with Crippen LogP contribution in [-0.4, -0.2) is 50.4 Å². The van der Waals surface area contributed by atoms with E-state index in [1.165, 1.54) is 11.8 Å². The topological polar surface area (TPSA) is 50.8 Å². The molecule has 1 fully saturated rings. The summed E-state index contributed by atoms with van der Waals surface area (Å²) in [7, 11) is 3.31. The van der Waals surface area contributed by atoms with E-state index in [9.17, 15) is 4.79 Å². The monoisotopic (exact) mass is 372 g/mol. The first-order chi connectivity index (χ1) is 12.7. The van der Waals surface area contributed by atoms with Crippen LogP contribution in [-0.2, 0) is 4.79 Å². The van der Waals surface area contributed by atoms with E-state index >= 15 is 0 Å². The maximum absolute atomic E-state index is 12.9. The fourth-order valence-corrected chi connectivity index (χ4v) is 3.97. The Balaban J connectivity index is 1.71. The summed E-state index contributed by atoms with van der Waals surface area (Å²) in [6.07, 6.45) is 0. The predicted molar refractivity (Wildman–Crippen MR) is 104 cm³/mol. The van der Waals surface area contributed by atoms with Crippen molar-refractivity contribution in [2.45, 2.75) is 10.9 Å². The largest absolute Gasteiger partial charge is 0.497 e. The van der Waals surface area contributed by atoms with Gasteiger partial charge < -0.3 is 19.7 Å². The number of piperazine rings is 1. The van der Waals surface area contributed by atoms with Crippen molar-refractivity contribution in [1.82, 2.24) is 10.2 Å². The van der Waals surface area contributed by atoms with Gasteiger partial charge in [-0.2, -0.15) is 0 Å². The van der Waals surface area contributed by atoms with Gasteiger partial charge in [0.1, 0.15) is 11.5 Å². The highest BCUT2D eigenvalue weighted by Gasteiger charge is 2.29. The SMILES string of the molecule is COc1cccc(SCC(=O)N2CCNCC2c2ccccc2OC)c1. The molecule has 1 amide bonds. The van der Waals surface area contributed by atoms with E-state index < -0.39 is 0 Å². The second-order valence-electron chi connectivity index (χ2n) is 6.02. The molecule has 1 aliphatic rings. The third-order valence-electron chi connectivity index (χ3n) is 4.47. The van der Waals surface area contributed by atoms with Gasteiger partial charge in [-0.25, -0.2) is 0 Å². The first-order valence-corrected chi connectivity index (χ1v) is 9.61. The maximum atomic E-state index is 12.9. The van der Waals surface area contributed by atoms with Crippen LogP contribution >= 0.6 is 11.8 Å². The van der Waals surface area contributed by atoms with Gasteiger partial charge in [0.05, 0.1) is 26.0 Å². The third-order valence-corrected chi connectivity index (χ3v) is 5.44. The first-order valence-electron chi connectivity index (χ1n) is 8.63. The number of ether oxygens (including phenoxy) is 2. The van der Waals surface area contributed by atoms with Crippen LogP contribution in [0.3, 0.4) is 0 Å². The molecule has 0 bridgehead atoms. The van der Waals surface area contributed by atoms with Crippen LogP contribution < -0.4 is 14.8 Å². The highest BCUT2D eigenvalue weighted by molar-refractivity contribution is 8.00. The van der Waals surface area contributed by atoms with E-state index in [0.717, 1.165) is 35.0 Å². The van der Waals surface area contributed by atoms with Crippen LogP contribution in [0.25, 0.3) is 0 Å². The van der Waals surface area contributed by atoms with Crippen LogP contribution in [0.5, 0.6) is 11.5 Å². The number of methoxy groups -OCH3 is 2. The van der Waals surface area contributed by atoms with Crippen LogP contribution in [0.2, 0.25) is 0 Å². The number of hydrogen-bond acceptors (Lipinski definition) is 5. The summed E-state index contributed by atoms with van der Waals surface area (Å²) in [5, 5.41) is 3.39. The van der Waals surface area contributed by atoms with Gasteiger partial charge in [0.2, 0.25) is 5.91 Å². The van der Waals surface area contributed by atoms with Crippen LogP contribution in [0, 0.1) is 0 Å². The molecule has 0 aliphatic carbocycles. The standard InChI is InChI=1S/C20H24N2O3S/c1-24-15-6-5-7-16(12-15)26-14-20(23)22-11-10-21-13-18(22)17-8-3-4-9-19(17)25-2/h3-9,12,18,21H,10-11,13-14H2,1-2H3. The minimum absolute atomic E-state index is 0.0155. The molecule has 1 aliphatic heterocycles. The molecule has 1 saturated heterocycles. The molecule has 1 N–H and O–H groups in total. The minimum Gasteiger partial charge on any atom is -0.497 e. The molecule has 1 unspecified atom stereocenters. The Kier molecular flexibility index (Phi) is 6.41. The molecular formula is C20H24N2O3S. The van der Waals surface area contributed by atoms with Crippen LogP contribution in [0.1, 0.15) is 11.6 Å². The molecular weight excluding hydrogens is 348 g/mol. The van der Waals surface area contributed by atoms with Crippen molar-refractivity contribution < 1.29 is 14.3 Å². The lowest BCUT2D eigenvalue weighted by Gasteiger charge is -2.37. The summed E-state index contributed by atoms with van der Waals surface area (Å²) >= 11 is 1.54. The number of amides is 1. The number of thioether (sulfide) groups is 1. The van der Waals surface area contributed by atoms with Gasteiger partial charge in [-0.1, -0.05) is 24.3 Å². The van der Waals surface area contributed by atoms with Crippen molar-refractivity contribution in [3.05, 3.63) is 54.1 Å². The Labute approximate surface area is 158 Å². The van der Waals surface area contributed by atoms with Crippen molar-refractivity contribution in [2.75, 3.05) is 39.6 Å². The zero-order valence-corrected chi connectivity index (χ0v) is 15.9. The second-order valence-corrected chi connectivity index (χ2v) is 7.07. The predicted octanol–water partition coefficient (Wildman–Crippen LogP) is 2.97. The number of nitrogens with zero attached hydrogens (tertiary/aromatic N) is 1. The van der Waals surface area contributed by atoms with E-state index in [-0.39, 0.29) is 11.9 Å². The minimum atomic E-state index is -0.0155. The summed E-state index contributed by atoms with van der Waals surface area (Å²) in [5.74, 6) is 2.16. The maximum Gasteiger partial charge on any atom is 0.233 e. The zero-order chi connectivity index (χ0) is 18.4. The van der Waals surface area contributed by atoms with Crippen LogP contribution in [0.15, 0.2) is 53.4 Å². The van der Waals surface area contributed by atoms with E-state index in [4.69, 9.17) is 9.47 Å². The fourth-order valence-electron chi connectivity index (χ4n) is 3.14. The number of carbonyl (C=O) groups is 1. The van der Waals surface area contributed by atoms with Crippen molar-refractivity contribution in [3.8, 4) is 11.5 Å².